The number of hydrogen-bond donors (Lipinski definition) is 1. The highest BCUT2D eigenvalue weighted by Crippen LogP contribution is 2.24. The first-order valence-electron chi connectivity index (χ1n) is 4.28. The van der Waals surface area contributed by atoms with E-state index in [1.54, 1.807) is 6.20 Å². The van der Waals surface area contributed by atoms with Gasteiger partial charge in [-0.15, -0.1) is 0 Å². The Kier molecular flexibility index (Phi) is 2.96. The van der Waals surface area contributed by atoms with Gasteiger partial charge in [-0.2, -0.15) is 10.2 Å². The summed E-state index contributed by atoms with van der Waals surface area (Å²) in [5, 5.41) is 9.32. The quantitative estimate of drug-likeness (QED) is 0.444. The van der Waals surface area contributed by atoms with Crippen molar-refractivity contribution in [2.24, 2.45) is 0 Å². The van der Waals surface area contributed by atoms with Gasteiger partial charge < -0.3 is 4.98 Å². The Balaban J connectivity index is 2.58. The van der Waals surface area contributed by atoms with E-state index in [1.165, 1.54) is 0 Å². The summed E-state index contributed by atoms with van der Waals surface area (Å²) in [5.41, 5.74) is 1.19. The van der Waals surface area contributed by atoms with Crippen LogP contribution in [0.4, 0.5) is 0 Å². The fourth-order valence-electron chi connectivity index (χ4n) is 1.24. The minimum Gasteiger partial charge on any atom is -0.345 e. The molecule has 0 aromatic carbocycles. The third kappa shape index (κ3) is 1.94. The third-order valence-corrected chi connectivity index (χ3v) is 2.29. The van der Waals surface area contributed by atoms with Crippen LogP contribution in [0.1, 0.15) is 12.0 Å². The lowest BCUT2D eigenvalue weighted by Gasteiger charge is -1.94. The van der Waals surface area contributed by atoms with Crippen molar-refractivity contribution < 1.29 is 0 Å². The highest BCUT2D eigenvalue weighted by atomic mass is 35.5. The maximum Gasteiger partial charge on any atom is 0.225 e. The van der Waals surface area contributed by atoms with E-state index < -0.39 is 0 Å². The maximum atomic E-state index is 8.37. The highest BCUT2D eigenvalue weighted by Gasteiger charge is 2.09. The largest absolute Gasteiger partial charge is 0.345 e. The number of aromatic amines is 1. The normalized spacial score (nSPS) is 9.56. The lowest BCUT2D eigenvalue weighted by Crippen LogP contribution is -1.85. The Labute approximate surface area is 101 Å². The molecule has 0 radical (unpaired) electrons. The van der Waals surface area contributed by atoms with E-state index in [9.17, 15) is 0 Å². The SMILES string of the molecule is N#CCC#Cc1c[nH]c2nc(Cl)nc(Cl)c12. The van der Waals surface area contributed by atoms with Crippen molar-refractivity contribution in [2.45, 2.75) is 6.42 Å². The van der Waals surface area contributed by atoms with Gasteiger partial charge in [-0.05, 0) is 11.6 Å². The van der Waals surface area contributed by atoms with E-state index in [2.05, 4.69) is 26.8 Å². The molecule has 0 atom stereocenters. The molecule has 78 valence electrons. The molecular weight excluding hydrogens is 247 g/mol. The molecule has 2 aromatic heterocycles. The molecule has 0 unspecified atom stereocenters. The molecule has 0 aliphatic rings. The van der Waals surface area contributed by atoms with Crippen LogP contribution in [0.3, 0.4) is 0 Å². The van der Waals surface area contributed by atoms with Crippen molar-refractivity contribution in [1.29, 1.82) is 5.26 Å². The van der Waals surface area contributed by atoms with Gasteiger partial charge in [0, 0.05) is 6.20 Å². The molecule has 16 heavy (non-hydrogen) atoms. The smallest absolute Gasteiger partial charge is 0.225 e. The standard InChI is InChI=1S/C10H4Cl2N4/c11-8-7-6(3-1-2-4-13)5-14-9(7)16-10(12)15-8/h5H,2H2,(H,14,15,16). The topological polar surface area (TPSA) is 65.4 Å². The van der Waals surface area contributed by atoms with Gasteiger partial charge in [0.2, 0.25) is 5.28 Å². The van der Waals surface area contributed by atoms with Gasteiger partial charge in [0.15, 0.2) is 0 Å². The minimum atomic E-state index is 0.0795. The summed E-state index contributed by atoms with van der Waals surface area (Å²) in [6, 6.07) is 1.93. The second kappa shape index (κ2) is 4.40. The van der Waals surface area contributed by atoms with E-state index >= 15 is 0 Å². The van der Waals surface area contributed by atoms with Crippen LogP contribution in [0, 0.1) is 23.2 Å². The number of aromatic nitrogens is 3. The van der Waals surface area contributed by atoms with Crippen LogP contribution >= 0.6 is 23.2 Å². The number of H-pyrrole nitrogens is 1. The fraction of sp³-hybridized carbons (Fsp3) is 0.100. The summed E-state index contributed by atoms with van der Waals surface area (Å²) in [4.78, 5) is 10.7. The summed E-state index contributed by atoms with van der Waals surface area (Å²) in [5.74, 6) is 5.51. The molecule has 0 spiro atoms. The third-order valence-electron chi connectivity index (χ3n) is 1.85. The van der Waals surface area contributed by atoms with Gasteiger partial charge in [-0.1, -0.05) is 23.4 Å². The van der Waals surface area contributed by atoms with E-state index in [0.717, 1.165) is 0 Å². The average Bonchev–Trinajstić information content (AvgIpc) is 2.62. The Morgan fingerprint density at radius 2 is 2.19 bits per heavy atom. The highest BCUT2D eigenvalue weighted by molar-refractivity contribution is 6.36. The molecular formula is C10H4Cl2N4. The van der Waals surface area contributed by atoms with Crippen LogP contribution in [0.25, 0.3) is 11.0 Å². The minimum absolute atomic E-state index is 0.0795. The summed E-state index contributed by atoms with van der Waals surface area (Å²) >= 11 is 11.6. The predicted octanol–water partition coefficient (Wildman–Crippen LogP) is 2.53. The predicted molar refractivity (Wildman–Crippen MR) is 61.0 cm³/mol. The van der Waals surface area contributed by atoms with Crippen molar-refractivity contribution >= 4 is 34.2 Å². The first kappa shape index (κ1) is 10.8. The molecule has 2 rings (SSSR count). The molecule has 0 bridgehead atoms. The number of halogens is 2. The van der Waals surface area contributed by atoms with Crippen LogP contribution in [-0.4, -0.2) is 15.0 Å². The number of fused-ring (bicyclic) bond motifs is 1. The molecule has 1 N–H and O–H groups in total. The van der Waals surface area contributed by atoms with E-state index in [1.807, 2.05) is 6.07 Å². The Morgan fingerprint density at radius 3 is 2.94 bits per heavy atom. The number of nitriles is 1. The molecule has 6 heteroatoms. The average molecular weight is 251 g/mol. The van der Waals surface area contributed by atoms with Crippen LogP contribution in [0.2, 0.25) is 10.4 Å². The van der Waals surface area contributed by atoms with Crippen molar-refractivity contribution in [3.63, 3.8) is 0 Å². The lowest BCUT2D eigenvalue weighted by molar-refractivity contribution is 1.20. The van der Waals surface area contributed by atoms with Gasteiger partial charge in [0.25, 0.3) is 0 Å². The molecule has 2 heterocycles. The zero-order chi connectivity index (χ0) is 11.5. The summed E-state index contributed by atoms with van der Waals surface area (Å²) in [7, 11) is 0. The molecule has 0 fully saturated rings. The lowest BCUT2D eigenvalue weighted by atomic mass is 10.2. The summed E-state index contributed by atoms with van der Waals surface area (Å²) in [6.45, 7) is 0. The van der Waals surface area contributed by atoms with E-state index in [4.69, 9.17) is 28.5 Å². The Bertz CT molecular complexity index is 642. The molecule has 0 saturated carbocycles. The zero-order valence-electron chi connectivity index (χ0n) is 7.88. The Morgan fingerprint density at radius 1 is 1.38 bits per heavy atom. The maximum absolute atomic E-state index is 8.37. The van der Waals surface area contributed by atoms with Crippen molar-refractivity contribution in [3.8, 4) is 17.9 Å². The molecule has 4 nitrogen and oxygen atoms in total. The Hall–Kier alpha value is -1.75. The van der Waals surface area contributed by atoms with E-state index in [0.29, 0.717) is 16.6 Å². The first-order valence-corrected chi connectivity index (χ1v) is 5.04. The van der Waals surface area contributed by atoms with Crippen LogP contribution in [0.5, 0.6) is 0 Å². The molecule has 0 aliphatic carbocycles. The zero-order valence-corrected chi connectivity index (χ0v) is 9.39. The van der Waals surface area contributed by atoms with Crippen molar-refractivity contribution in [3.05, 3.63) is 22.2 Å². The van der Waals surface area contributed by atoms with Crippen molar-refractivity contribution in [2.75, 3.05) is 0 Å². The number of hydrogen-bond acceptors (Lipinski definition) is 3. The number of nitrogens with zero attached hydrogens (tertiary/aromatic N) is 3. The second-order valence-electron chi connectivity index (χ2n) is 2.85. The van der Waals surface area contributed by atoms with Gasteiger partial charge in [0.05, 0.1) is 23.4 Å². The summed E-state index contributed by atoms with van der Waals surface area (Å²) in [6.07, 6.45) is 1.82. The van der Waals surface area contributed by atoms with Crippen LogP contribution in [0.15, 0.2) is 6.20 Å². The molecule has 2 aromatic rings. The first-order chi connectivity index (χ1) is 7.72. The van der Waals surface area contributed by atoms with Gasteiger partial charge in [0.1, 0.15) is 10.8 Å². The van der Waals surface area contributed by atoms with Crippen molar-refractivity contribution in [1.82, 2.24) is 15.0 Å². The number of nitrogens with one attached hydrogen (secondary N) is 1. The monoisotopic (exact) mass is 250 g/mol. The molecule has 0 amide bonds. The van der Waals surface area contributed by atoms with E-state index in [-0.39, 0.29) is 16.9 Å². The fourth-order valence-corrected chi connectivity index (χ4v) is 1.72. The van der Waals surface area contributed by atoms with Gasteiger partial charge >= 0.3 is 0 Å². The second-order valence-corrected chi connectivity index (χ2v) is 3.54. The van der Waals surface area contributed by atoms with Gasteiger partial charge in [-0.3, -0.25) is 0 Å². The van der Waals surface area contributed by atoms with Gasteiger partial charge in [-0.25, -0.2) is 4.98 Å². The number of rotatable bonds is 0. The van der Waals surface area contributed by atoms with Crippen LogP contribution in [-0.2, 0) is 0 Å². The molecule has 0 saturated heterocycles. The van der Waals surface area contributed by atoms with Crippen LogP contribution < -0.4 is 0 Å². The summed E-state index contributed by atoms with van der Waals surface area (Å²) < 4.78 is 0. The molecule has 0 aliphatic heterocycles.